The van der Waals surface area contributed by atoms with E-state index in [1.807, 2.05) is 0 Å². The van der Waals surface area contributed by atoms with Gasteiger partial charge in [-0.25, -0.2) is 0 Å². The summed E-state index contributed by atoms with van der Waals surface area (Å²) >= 11 is 0. The molecule has 2 N–H and O–H groups in total. The van der Waals surface area contributed by atoms with Crippen LogP contribution in [0.2, 0.25) is 65.5 Å². The van der Waals surface area contributed by atoms with Crippen LogP contribution in [-0.2, 0) is 36.7 Å². The van der Waals surface area contributed by atoms with Crippen molar-refractivity contribution in [1.29, 1.82) is 0 Å². The average Bonchev–Trinajstić information content (AvgIpc) is 1.52. The second-order valence-electron chi connectivity index (χ2n) is 44.7. The molecular weight excluding hydrogens is 1840 g/mol. The second-order valence-corrected chi connectivity index (χ2v) is 61.9. The number of halogens is 21. The van der Waals surface area contributed by atoms with E-state index in [0.29, 0.717) is 109 Å². The normalized spacial score (nSPS) is 38.0. The molecule has 33 atom stereocenters. The van der Waals surface area contributed by atoms with Gasteiger partial charge in [0.1, 0.15) is 6.10 Å². The first-order valence-electron chi connectivity index (χ1n) is 46.6. The number of alkyl halides is 21. The molecule has 18 aliphatic rings. The van der Waals surface area contributed by atoms with Gasteiger partial charge in [-0.2, -0.15) is 92.2 Å². The smallest absolute Gasteiger partial charge is 0.421 e. The molecule has 0 spiro atoms. The lowest BCUT2D eigenvalue weighted by Crippen LogP contribution is -2.62. The molecule has 0 radical (unpaired) electrons. The minimum Gasteiger partial charge on any atom is -0.421 e. The van der Waals surface area contributed by atoms with Crippen molar-refractivity contribution in [2.75, 3.05) is 41.7 Å². The predicted octanol–water partition coefficient (Wildman–Crippen LogP) is 31.2. The Morgan fingerprint density at radius 3 is 0.811 bits per heavy atom. The molecule has 33 unspecified atom stereocenters. The number of hydrogen-bond donors (Lipinski definition) is 2. The molecule has 0 aromatic heterocycles. The van der Waals surface area contributed by atoms with Gasteiger partial charge in [0.05, 0.1) is 0 Å². The largest absolute Gasteiger partial charge is 0.426 e. The number of aliphatic hydroxyl groups is 2. The van der Waals surface area contributed by atoms with Crippen molar-refractivity contribution in [1.82, 2.24) is 0 Å². The van der Waals surface area contributed by atoms with Gasteiger partial charge in [0.2, 0.25) is 0 Å². The fraction of sp³-hybridized carbons (Fsp3) is 1.00. The van der Waals surface area contributed by atoms with Gasteiger partial charge in [-0.3, -0.25) is 0 Å². The monoisotopic (exact) mass is 2010 g/mol. The fourth-order valence-corrected chi connectivity index (χ4v) is 29.3. The third kappa shape index (κ3) is 27.0. The number of fused-ring (bicyclic) bond motifs is 36. The van der Waals surface area contributed by atoms with Gasteiger partial charge in [-0.15, -0.1) is 0 Å². The summed E-state index contributed by atoms with van der Waals surface area (Å²) in [4.78, 5) is 0. The van der Waals surface area contributed by atoms with Gasteiger partial charge in [0.15, 0.2) is 40.4 Å². The van der Waals surface area contributed by atoms with Crippen LogP contribution in [0.3, 0.4) is 0 Å². The molecule has 788 valence electrons. The first-order valence-corrected chi connectivity index (χ1v) is 59.2. The summed E-state index contributed by atoms with van der Waals surface area (Å²) in [7, 11) is -3.29. The highest BCUT2D eigenvalue weighted by Crippen LogP contribution is 2.75. The van der Waals surface area contributed by atoms with Gasteiger partial charge < -0.3 is 46.9 Å². The van der Waals surface area contributed by atoms with Crippen LogP contribution < -0.4 is 0 Å². The van der Waals surface area contributed by atoms with Crippen molar-refractivity contribution in [3.8, 4) is 0 Å². The van der Waals surface area contributed by atoms with Crippen molar-refractivity contribution in [2.45, 2.75) is 409 Å². The maximum atomic E-state index is 14.0. The highest BCUT2D eigenvalue weighted by molar-refractivity contribution is 6.73. The summed E-state index contributed by atoms with van der Waals surface area (Å²) in [5, 5.41) is 19.1. The van der Waals surface area contributed by atoms with Gasteiger partial charge in [0, 0.05) is 41.7 Å². The Kier molecular flexibility index (Phi) is 44.0. The van der Waals surface area contributed by atoms with E-state index in [0.717, 1.165) is 171 Å². The Labute approximate surface area is 785 Å². The summed E-state index contributed by atoms with van der Waals surface area (Å²) in [5.74, 6) is 7.07. The first kappa shape index (κ1) is 125. The molecular formula is C97H177F21O10Si4. The van der Waals surface area contributed by atoms with Crippen molar-refractivity contribution in [3.63, 3.8) is 0 Å². The molecule has 2 aliphatic heterocycles. The summed E-state index contributed by atoms with van der Waals surface area (Å²) in [6, 6.07) is 0. The van der Waals surface area contributed by atoms with E-state index < -0.39 is 124 Å². The van der Waals surface area contributed by atoms with E-state index in [2.05, 4.69) is 48.1 Å². The molecule has 2 heterocycles. The summed E-state index contributed by atoms with van der Waals surface area (Å²) in [5.41, 5.74) is -8.71. The average molecular weight is 2010 g/mol. The number of aliphatic hydroxyl groups excluding tert-OH is 1. The third-order valence-electron chi connectivity index (χ3n) is 35.0. The summed E-state index contributed by atoms with van der Waals surface area (Å²) < 4.78 is 313. The second kappa shape index (κ2) is 46.4. The van der Waals surface area contributed by atoms with Crippen molar-refractivity contribution in [2.24, 2.45) is 166 Å². The number of hydrogen-bond acceptors (Lipinski definition) is 10. The Hall–Kier alpha value is -1.00. The molecule has 16 saturated carbocycles. The van der Waals surface area contributed by atoms with Crippen LogP contribution in [-0.4, -0.2) is 163 Å². The molecule has 16 bridgehead atoms. The van der Waals surface area contributed by atoms with Gasteiger partial charge in [0.25, 0.3) is 5.60 Å². The highest BCUT2D eigenvalue weighted by atomic mass is 28.4. The van der Waals surface area contributed by atoms with Crippen LogP contribution in [0.1, 0.15) is 266 Å². The van der Waals surface area contributed by atoms with Crippen molar-refractivity contribution >= 4 is 33.3 Å². The van der Waals surface area contributed by atoms with Gasteiger partial charge >= 0.3 is 59.1 Å². The SMILES string of the molecule is C.C.C.C.C.C.C.C.CC(CC1CC2CC1C1C3CCC(C3)C21)(OC1CCCCO1)C(F)(F)F.CC(O)(CC1CC2CC1C1C3CCC(C3)C21)C(F)(F)F.CO[Si](C)(C)C.CO[Si](C)(C)C.CO[Si](C)(C)C(F)(F)F.CO[Si](C)(C)C(F)(F)F.FC(F)(F)C(CC1CC2CC1C1C3CCC(C3)C21)(OC1CCCCO1)C(F)(F)F.OC(CC1CC2CC1C1C3CCC(C3)C21)C(F)(F)F. The van der Waals surface area contributed by atoms with Crippen LogP contribution in [0.25, 0.3) is 0 Å². The minimum atomic E-state index is -5.53. The predicted molar refractivity (Wildman–Crippen MR) is 492 cm³/mol. The molecule has 0 amide bonds. The lowest BCUT2D eigenvalue weighted by molar-refractivity contribution is -0.416. The molecule has 18 rings (SSSR count). The van der Waals surface area contributed by atoms with Gasteiger partial charge in [-0.05, 0) is 438 Å². The number of rotatable bonds is 16. The lowest BCUT2D eigenvalue weighted by atomic mass is 9.65. The molecule has 35 heteroatoms. The van der Waals surface area contributed by atoms with Crippen LogP contribution in [0.5, 0.6) is 0 Å². The standard InChI is InChI=1S/C21H28F6O2.C21H31F3O2.C16H23F3O.C15H21F3O.2C4H9F3OSi.2C4H12OSi.8CH4/c22-20(23,24)19(21(25,26)27,29-16-3-1-2-6-28-16)10-14-8-13-9-15(14)18-12-5-4-11(7-12)17(13)18;1-20(21(22,23)24,26-17-4-2-3-7-25-17)11-15-9-14-10-16(15)19-13-6-5-12(8-13)18(14)19;1-15(20,16(17,18)19)7-11-5-10-6-12(11)14-9-3-2-8(4-9)13(10)14;16-15(17,18)12(19)6-9-4-10-5-11(9)14-8-2-1-7(3-8)13(10)14;2*1-8-9(2,3)4(5,6)7;2*1-5-6(2,3)4;;;;;;;;/h11-18H,1-10H2;12-19H,2-11H2,1H3;8-14,20H,2-7H2,1H3;7-14,19H,1-6H2;2*1-3H3;2*1-4H3;8*1H4. The van der Waals surface area contributed by atoms with Crippen molar-refractivity contribution < 1.29 is 139 Å². The van der Waals surface area contributed by atoms with Crippen molar-refractivity contribution in [3.05, 3.63) is 0 Å². The van der Waals surface area contributed by atoms with E-state index in [1.54, 1.807) is 14.2 Å². The molecule has 132 heavy (non-hydrogen) atoms. The van der Waals surface area contributed by atoms with Gasteiger partial charge in [-0.1, -0.05) is 59.4 Å². The Bertz CT molecular complexity index is 3360. The van der Waals surface area contributed by atoms with E-state index in [9.17, 15) is 102 Å². The molecule has 0 aromatic carbocycles. The molecule has 18 fully saturated rings. The summed E-state index contributed by atoms with van der Waals surface area (Å²) in [6.45, 7) is 20.3. The fourth-order valence-electron chi connectivity index (χ4n) is 28.9. The molecule has 0 aromatic rings. The molecule has 10 nitrogen and oxygen atoms in total. The molecule has 16 aliphatic carbocycles. The quantitative estimate of drug-likeness (QED) is 0.0880. The Balaban J connectivity index is 0.000000406. The van der Waals surface area contributed by atoms with E-state index >= 15 is 0 Å². The van der Waals surface area contributed by atoms with E-state index in [4.69, 9.17) is 27.8 Å². The first-order chi connectivity index (χ1) is 56.9. The third-order valence-corrected chi connectivity index (χ3v) is 42.2. The minimum absolute atomic E-state index is 0. The van der Waals surface area contributed by atoms with E-state index in [1.165, 1.54) is 77.6 Å². The zero-order valence-corrected chi connectivity index (χ0v) is 79.6. The zero-order valence-electron chi connectivity index (χ0n) is 75.6. The maximum Gasteiger partial charge on any atom is 0.426 e. The zero-order chi connectivity index (χ0) is 92.2. The van der Waals surface area contributed by atoms with Crippen LogP contribution in [0.15, 0.2) is 0 Å². The van der Waals surface area contributed by atoms with E-state index in [-0.39, 0.29) is 115 Å². The Morgan fingerprint density at radius 2 is 0.576 bits per heavy atom. The van der Waals surface area contributed by atoms with Crippen LogP contribution >= 0.6 is 0 Å². The summed E-state index contributed by atoms with van der Waals surface area (Å²) in [6.07, 6.45) is -2.86. The maximum absolute atomic E-state index is 14.0. The van der Waals surface area contributed by atoms with Crippen LogP contribution in [0, 0.1) is 166 Å². The highest BCUT2D eigenvalue weighted by Gasteiger charge is 2.76. The topological polar surface area (TPSA) is 114 Å². The number of ether oxygens (including phenoxy) is 4. The lowest BCUT2D eigenvalue weighted by Gasteiger charge is -2.45. The Morgan fingerprint density at radius 1 is 0.311 bits per heavy atom. The van der Waals surface area contributed by atoms with Crippen LogP contribution in [0.4, 0.5) is 92.2 Å². The molecule has 2 saturated heterocycles.